The Bertz CT molecular complexity index is 454. The van der Waals surface area contributed by atoms with E-state index in [4.69, 9.17) is 18.0 Å². The van der Waals surface area contributed by atoms with Gasteiger partial charge in [0.2, 0.25) is 0 Å². The maximum Gasteiger partial charge on any atom is 0.173 e. The average molecular weight is 312 g/mol. The van der Waals surface area contributed by atoms with Crippen LogP contribution in [0.1, 0.15) is 51.9 Å². The highest BCUT2D eigenvalue weighted by molar-refractivity contribution is 8.46. The van der Waals surface area contributed by atoms with Crippen LogP contribution in [0.3, 0.4) is 0 Å². The first-order valence-corrected chi connectivity index (χ1v) is 9.73. The molecule has 0 saturated carbocycles. The number of nitrogens with two attached hydrogens (primary N) is 1. The SMILES string of the molecule is CCCC1=NC=CS1(CCC1=CCCCC1)NC(N)=S. The molecule has 0 aromatic carbocycles. The van der Waals surface area contributed by atoms with Gasteiger partial charge < -0.3 is 10.5 Å². The number of hydrogen-bond acceptors (Lipinski definition) is 2. The Balaban J connectivity index is 2.07. The predicted octanol–water partition coefficient (Wildman–Crippen LogP) is 4.11. The van der Waals surface area contributed by atoms with Crippen molar-refractivity contribution in [2.75, 3.05) is 5.75 Å². The Morgan fingerprint density at radius 1 is 1.45 bits per heavy atom. The van der Waals surface area contributed by atoms with Gasteiger partial charge in [-0.05, 0) is 56.2 Å². The summed E-state index contributed by atoms with van der Waals surface area (Å²) in [6.07, 6.45) is 12.8. The molecule has 0 fully saturated rings. The molecule has 2 aliphatic rings. The van der Waals surface area contributed by atoms with Gasteiger partial charge in [-0.1, -0.05) is 25.0 Å². The van der Waals surface area contributed by atoms with Crippen molar-refractivity contribution >= 4 is 32.6 Å². The maximum atomic E-state index is 5.76. The third-order valence-corrected chi connectivity index (χ3v) is 7.21. The highest BCUT2D eigenvalue weighted by Crippen LogP contribution is 2.52. The second-order valence-electron chi connectivity index (χ2n) is 5.38. The van der Waals surface area contributed by atoms with Crippen molar-refractivity contribution in [1.82, 2.24) is 4.72 Å². The molecule has 112 valence electrons. The number of thiocarbonyl (C=S) groups is 1. The largest absolute Gasteiger partial charge is 0.376 e. The first-order valence-electron chi connectivity index (χ1n) is 7.46. The van der Waals surface area contributed by atoms with Crippen LogP contribution in [0.4, 0.5) is 0 Å². The van der Waals surface area contributed by atoms with Crippen LogP contribution in [0.2, 0.25) is 0 Å². The van der Waals surface area contributed by atoms with E-state index in [0.29, 0.717) is 5.11 Å². The third-order valence-electron chi connectivity index (χ3n) is 3.81. The molecular weight excluding hydrogens is 286 g/mol. The van der Waals surface area contributed by atoms with Crippen LogP contribution in [0, 0.1) is 0 Å². The van der Waals surface area contributed by atoms with Gasteiger partial charge >= 0.3 is 0 Å². The van der Waals surface area contributed by atoms with E-state index in [9.17, 15) is 0 Å². The summed E-state index contributed by atoms with van der Waals surface area (Å²) in [5.41, 5.74) is 7.36. The summed E-state index contributed by atoms with van der Waals surface area (Å²) >= 11 is 5.10. The lowest BCUT2D eigenvalue weighted by Crippen LogP contribution is -2.35. The molecule has 20 heavy (non-hydrogen) atoms. The molecule has 0 spiro atoms. The van der Waals surface area contributed by atoms with E-state index in [-0.39, 0.29) is 0 Å². The molecule has 5 heteroatoms. The summed E-state index contributed by atoms with van der Waals surface area (Å²) < 4.78 is 3.38. The first kappa shape index (κ1) is 15.6. The van der Waals surface area contributed by atoms with Crippen molar-refractivity contribution in [2.24, 2.45) is 10.7 Å². The van der Waals surface area contributed by atoms with Crippen molar-refractivity contribution in [1.29, 1.82) is 0 Å². The lowest BCUT2D eigenvalue weighted by molar-refractivity contribution is 0.685. The maximum absolute atomic E-state index is 5.76. The fourth-order valence-corrected chi connectivity index (χ4v) is 6.08. The molecule has 0 radical (unpaired) electrons. The van der Waals surface area contributed by atoms with Crippen LogP contribution in [-0.4, -0.2) is 15.9 Å². The molecule has 0 bridgehead atoms. The number of aliphatic imine (C=N–C) groups is 1. The third kappa shape index (κ3) is 3.85. The monoisotopic (exact) mass is 311 g/mol. The van der Waals surface area contributed by atoms with Crippen molar-refractivity contribution < 1.29 is 0 Å². The normalized spacial score (nSPS) is 28.4. The summed E-state index contributed by atoms with van der Waals surface area (Å²) in [6.45, 7) is 2.19. The molecule has 1 unspecified atom stereocenters. The fourth-order valence-electron chi connectivity index (χ4n) is 2.78. The first-order chi connectivity index (χ1) is 9.66. The van der Waals surface area contributed by atoms with Gasteiger partial charge in [0.25, 0.3) is 0 Å². The summed E-state index contributed by atoms with van der Waals surface area (Å²) in [5, 5.41) is 3.86. The van der Waals surface area contributed by atoms with E-state index in [1.165, 1.54) is 30.7 Å². The minimum Gasteiger partial charge on any atom is -0.376 e. The van der Waals surface area contributed by atoms with Crippen LogP contribution in [-0.2, 0) is 0 Å². The van der Waals surface area contributed by atoms with Gasteiger partial charge in [-0.15, -0.1) is 10.2 Å². The summed E-state index contributed by atoms with van der Waals surface area (Å²) in [4.78, 5) is 4.57. The van der Waals surface area contributed by atoms with E-state index >= 15 is 0 Å². The van der Waals surface area contributed by atoms with Crippen LogP contribution < -0.4 is 10.5 Å². The van der Waals surface area contributed by atoms with Crippen molar-refractivity contribution in [2.45, 2.75) is 51.9 Å². The zero-order valence-corrected chi connectivity index (χ0v) is 13.9. The zero-order valence-electron chi connectivity index (χ0n) is 12.2. The standard InChI is InChI=1S/C15H25N3S2/c1-2-6-14-17-10-12-20(14,18-15(16)19)11-9-13-7-4-3-5-8-13/h7,10,12H,2-6,8-9,11H2,1H3,(H3,16,18,19). The van der Waals surface area contributed by atoms with Crippen molar-refractivity contribution in [3.05, 3.63) is 23.3 Å². The smallest absolute Gasteiger partial charge is 0.173 e. The quantitative estimate of drug-likeness (QED) is 0.573. The fraction of sp³-hybridized carbons (Fsp3) is 0.600. The van der Waals surface area contributed by atoms with Crippen molar-refractivity contribution in [3.8, 4) is 0 Å². The Labute approximate surface area is 129 Å². The van der Waals surface area contributed by atoms with E-state index in [0.717, 1.165) is 25.0 Å². The number of nitrogens with zero attached hydrogens (tertiary/aromatic N) is 1. The Morgan fingerprint density at radius 2 is 2.30 bits per heavy atom. The number of allylic oxidation sites excluding steroid dienone is 2. The van der Waals surface area contributed by atoms with Crippen molar-refractivity contribution in [3.63, 3.8) is 0 Å². The lowest BCUT2D eigenvalue weighted by Gasteiger charge is -2.37. The highest BCUT2D eigenvalue weighted by Gasteiger charge is 2.30. The second-order valence-corrected chi connectivity index (χ2v) is 8.76. The van der Waals surface area contributed by atoms with Gasteiger partial charge in [0, 0.05) is 12.0 Å². The molecule has 3 nitrogen and oxygen atoms in total. The molecule has 1 aliphatic carbocycles. The molecule has 0 amide bonds. The van der Waals surface area contributed by atoms with E-state index < -0.39 is 10.2 Å². The average Bonchev–Trinajstić information content (AvgIpc) is 2.81. The lowest BCUT2D eigenvalue weighted by atomic mass is 9.98. The van der Waals surface area contributed by atoms with Crippen LogP contribution in [0.25, 0.3) is 0 Å². The van der Waals surface area contributed by atoms with Gasteiger partial charge in [-0.25, -0.2) is 0 Å². The molecule has 1 aliphatic heterocycles. The molecular formula is C15H25N3S2. The van der Waals surface area contributed by atoms with Gasteiger partial charge in [0.05, 0.1) is 5.04 Å². The number of rotatable bonds is 6. The summed E-state index contributed by atoms with van der Waals surface area (Å²) in [5.74, 6) is 1.07. The molecule has 2 rings (SSSR count). The topological polar surface area (TPSA) is 50.4 Å². The Morgan fingerprint density at radius 3 is 2.95 bits per heavy atom. The van der Waals surface area contributed by atoms with E-state index in [1.54, 1.807) is 5.57 Å². The zero-order chi connectivity index (χ0) is 14.4. The Kier molecular flexibility index (Phi) is 5.66. The molecule has 0 aromatic rings. The van der Waals surface area contributed by atoms with Gasteiger partial charge in [-0.3, -0.25) is 4.99 Å². The Hall–Kier alpha value is -0.810. The van der Waals surface area contributed by atoms with Crippen LogP contribution in [0.15, 0.2) is 28.2 Å². The summed E-state index contributed by atoms with van der Waals surface area (Å²) in [7, 11) is -1.25. The van der Waals surface area contributed by atoms with Crippen LogP contribution >= 0.6 is 22.4 Å². The van der Waals surface area contributed by atoms with Crippen LogP contribution in [0.5, 0.6) is 0 Å². The summed E-state index contributed by atoms with van der Waals surface area (Å²) in [6, 6.07) is 0. The van der Waals surface area contributed by atoms with E-state index in [1.807, 2.05) is 6.20 Å². The molecule has 0 aromatic heterocycles. The molecule has 3 N–H and O–H groups in total. The molecule has 1 atom stereocenters. The number of hydrogen-bond donors (Lipinski definition) is 2. The predicted molar refractivity (Wildman–Crippen MR) is 95.0 cm³/mol. The molecule has 0 saturated heterocycles. The van der Waals surface area contributed by atoms with E-state index in [2.05, 4.69) is 28.1 Å². The van der Waals surface area contributed by atoms with Gasteiger partial charge in [0.15, 0.2) is 5.11 Å². The minimum absolute atomic E-state index is 0.396. The number of nitrogens with one attached hydrogen (secondary N) is 1. The molecule has 1 heterocycles. The highest BCUT2D eigenvalue weighted by atomic mass is 32.3. The van der Waals surface area contributed by atoms with Gasteiger partial charge in [-0.2, -0.15) is 0 Å². The van der Waals surface area contributed by atoms with Gasteiger partial charge in [0.1, 0.15) is 0 Å². The second kappa shape index (κ2) is 7.27. The minimum atomic E-state index is -1.25.